The second kappa shape index (κ2) is 8.11. The molecule has 126 valence electrons. The molecule has 0 aromatic heterocycles. The largest absolute Gasteiger partial charge is 0.352 e. The lowest BCUT2D eigenvalue weighted by atomic mass is 10.0. The first-order valence-electron chi connectivity index (χ1n) is 8.30. The molecule has 1 aromatic rings. The summed E-state index contributed by atoms with van der Waals surface area (Å²) in [7, 11) is 0. The first kappa shape index (κ1) is 17.5. The predicted octanol–water partition coefficient (Wildman–Crippen LogP) is 1.60. The molecule has 1 heterocycles. The monoisotopic (exact) mass is 317 g/mol. The van der Waals surface area contributed by atoms with Crippen LogP contribution >= 0.6 is 0 Å². The third-order valence-corrected chi connectivity index (χ3v) is 4.50. The van der Waals surface area contributed by atoms with E-state index in [0.717, 1.165) is 31.5 Å². The summed E-state index contributed by atoms with van der Waals surface area (Å²) in [5.41, 5.74) is 2.33. The molecule has 1 fully saturated rings. The van der Waals surface area contributed by atoms with E-state index in [0.29, 0.717) is 6.54 Å². The standard InChI is InChI=1S/C18H27N3O2/c1-13-7-4-5-8-16(13)11-19-18(23)14(2)21-10-6-9-17(12-21)20-15(3)22/h4-5,7-8,14,17H,6,9-12H2,1-3H3,(H,19,23)(H,20,22). The van der Waals surface area contributed by atoms with Gasteiger partial charge >= 0.3 is 0 Å². The SMILES string of the molecule is CC(=O)NC1CCCN(C(C)C(=O)NCc2ccccc2C)C1. The average molecular weight is 317 g/mol. The van der Waals surface area contributed by atoms with E-state index in [1.54, 1.807) is 0 Å². The zero-order chi connectivity index (χ0) is 16.8. The summed E-state index contributed by atoms with van der Waals surface area (Å²) in [6.45, 7) is 7.71. The Balaban J connectivity index is 1.86. The molecule has 0 bridgehead atoms. The van der Waals surface area contributed by atoms with E-state index in [4.69, 9.17) is 0 Å². The summed E-state index contributed by atoms with van der Waals surface area (Å²) in [6, 6.07) is 8.03. The lowest BCUT2D eigenvalue weighted by Crippen LogP contribution is -2.53. The number of likely N-dealkylation sites (tertiary alicyclic amines) is 1. The van der Waals surface area contributed by atoms with Crippen molar-refractivity contribution in [2.45, 2.75) is 52.2 Å². The van der Waals surface area contributed by atoms with E-state index < -0.39 is 0 Å². The molecule has 2 amide bonds. The number of nitrogens with zero attached hydrogens (tertiary/aromatic N) is 1. The van der Waals surface area contributed by atoms with Gasteiger partial charge in [0.05, 0.1) is 6.04 Å². The number of hydrogen-bond acceptors (Lipinski definition) is 3. The van der Waals surface area contributed by atoms with Crippen LogP contribution in [0.1, 0.15) is 37.8 Å². The molecule has 2 atom stereocenters. The molecule has 0 aliphatic carbocycles. The van der Waals surface area contributed by atoms with Crippen molar-refractivity contribution in [1.82, 2.24) is 15.5 Å². The third kappa shape index (κ3) is 5.06. The first-order valence-corrected chi connectivity index (χ1v) is 8.30. The molecule has 2 N–H and O–H groups in total. The number of piperidine rings is 1. The Morgan fingerprint density at radius 1 is 1.35 bits per heavy atom. The van der Waals surface area contributed by atoms with E-state index in [1.807, 2.05) is 38.1 Å². The minimum absolute atomic E-state index is 0.00601. The van der Waals surface area contributed by atoms with Crippen LogP contribution in [-0.2, 0) is 16.1 Å². The minimum atomic E-state index is -0.185. The van der Waals surface area contributed by atoms with Gasteiger partial charge < -0.3 is 10.6 Å². The maximum absolute atomic E-state index is 12.4. The van der Waals surface area contributed by atoms with Gasteiger partial charge in [0, 0.05) is 26.1 Å². The van der Waals surface area contributed by atoms with E-state index in [2.05, 4.69) is 15.5 Å². The summed E-state index contributed by atoms with van der Waals surface area (Å²) in [4.78, 5) is 25.8. The van der Waals surface area contributed by atoms with E-state index in [9.17, 15) is 9.59 Å². The summed E-state index contributed by atoms with van der Waals surface area (Å²) < 4.78 is 0. The van der Waals surface area contributed by atoms with Gasteiger partial charge in [-0.3, -0.25) is 14.5 Å². The fourth-order valence-corrected chi connectivity index (χ4v) is 3.07. The van der Waals surface area contributed by atoms with Gasteiger partial charge in [0.2, 0.25) is 11.8 Å². The van der Waals surface area contributed by atoms with E-state index in [1.165, 1.54) is 12.5 Å². The second-order valence-corrected chi connectivity index (χ2v) is 6.35. The van der Waals surface area contributed by atoms with Crippen LogP contribution in [0.4, 0.5) is 0 Å². The number of carbonyl (C=O) groups is 2. The second-order valence-electron chi connectivity index (χ2n) is 6.35. The molecule has 23 heavy (non-hydrogen) atoms. The van der Waals surface area contributed by atoms with Crippen molar-refractivity contribution in [3.63, 3.8) is 0 Å². The molecule has 1 aliphatic heterocycles. The van der Waals surface area contributed by atoms with Crippen molar-refractivity contribution in [3.05, 3.63) is 35.4 Å². The molecule has 1 saturated heterocycles. The van der Waals surface area contributed by atoms with Crippen molar-refractivity contribution in [2.75, 3.05) is 13.1 Å². The first-order chi connectivity index (χ1) is 11.0. The molecule has 5 nitrogen and oxygen atoms in total. The summed E-state index contributed by atoms with van der Waals surface area (Å²) in [6.07, 6.45) is 1.98. The number of hydrogen-bond donors (Lipinski definition) is 2. The Labute approximate surface area is 138 Å². The number of nitrogens with one attached hydrogen (secondary N) is 2. The quantitative estimate of drug-likeness (QED) is 0.867. The van der Waals surface area contributed by atoms with Gasteiger partial charge in [-0.25, -0.2) is 0 Å². The Hall–Kier alpha value is -1.88. The van der Waals surface area contributed by atoms with Crippen LogP contribution in [0.3, 0.4) is 0 Å². The molecule has 0 radical (unpaired) electrons. The molecule has 0 spiro atoms. The van der Waals surface area contributed by atoms with Crippen LogP contribution in [0.5, 0.6) is 0 Å². The van der Waals surface area contributed by atoms with Gasteiger partial charge in [0.1, 0.15) is 0 Å². The number of rotatable bonds is 5. The highest BCUT2D eigenvalue weighted by atomic mass is 16.2. The summed E-state index contributed by atoms with van der Waals surface area (Å²) in [5, 5.41) is 5.98. The number of benzene rings is 1. The lowest BCUT2D eigenvalue weighted by molar-refractivity contribution is -0.126. The third-order valence-electron chi connectivity index (χ3n) is 4.50. The number of carbonyl (C=O) groups excluding carboxylic acids is 2. The smallest absolute Gasteiger partial charge is 0.237 e. The Morgan fingerprint density at radius 3 is 2.78 bits per heavy atom. The van der Waals surface area contributed by atoms with Crippen LogP contribution in [0, 0.1) is 6.92 Å². The summed E-state index contributed by atoms with van der Waals surface area (Å²) >= 11 is 0. The Kier molecular flexibility index (Phi) is 6.16. The highest BCUT2D eigenvalue weighted by molar-refractivity contribution is 5.81. The zero-order valence-corrected chi connectivity index (χ0v) is 14.3. The van der Waals surface area contributed by atoms with Crippen LogP contribution in [-0.4, -0.2) is 41.9 Å². The van der Waals surface area contributed by atoms with Crippen LogP contribution in [0.2, 0.25) is 0 Å². The van der Waals surface area contributed by atoms with Gasteiger partial charge in [-0.05, 0) is 44.4 Å². The van der Waals surface area contributed by atoms with Gasteiger partial charge in [0.25, 0.3) is 0 Å². The van der Waals surface area contributed by atoms with Crippen molar-refractivity contribution in [1.29, 1.82) is 0 Å². The van der Waals surface area contributed by atoms with Crippen molar-refractivity contribution >= 4 is 11.8 Å². The van der Waals surface area contributed by atoms with Crippen molar-refractivity contribution in [3.8, 4) is 0 Å². The minimum Gasteiger partial charge on any atom is -0.352 e. The zero-order valence-electron chi connectivity index (χ0n) is 14.3. The van der Waals surface area contributed by atoms with Gasteiger partial charge in [-0.1, -0.05) is 24.3 Å². The Bertz CT molecular complexity index is 559. The van der Waals surface area contributed by atoms with Crippen LogP contribution in [0.25, 0.3) is 0 Å². The highest BCUT2D eigenvalue weighted by Gasteiger charge is 2.27. The van der Waals surface area contributed by atoms with E-state index >= 15 is 0 Å². The molecular formula is C18H27N3O2. The molecule has 2 unspecified atom stereocenters. The molecule has 2 rings (SSSR count). The number of amides is 2. The van der Waals surface area contributed by atoms with E-state index in [-0.39, 0.29) is 23.9 Å². The lowest BCUT2D eigenvalue weighted by Gasteiger charge is -2.36. The predicted molar refractivity (Wildman–Crippen MR) is 90.9 cm³/mol. The molecule has 0 saturated carbocycles. The maximum atomic E-state index is 12.4. The van der Waals surface area contributed by atoms with Crippen LogP contribution in [0.15, 0.2) is 24.3 Å². The number of aryl methyl sites for hydroxylation is 1. The fraction of sp³-hybridized carbons (Fsp3) is 0.556. The molecule has 1 aliphatic rings. The topological polar surface area (TPSA) is 61.4 Å². The maximum Gasteiger partial charge on any atom is 0.237 e. The van der Waals surface area contributed by atoms with Gasteiger partial charge in [-0.2, -0.15) is 0 Å². The molecule has 5 heteroatoms. The Morgan fingerprint density at radius 2 is 2.09 bits per heavy atom. The molecular weight excluding hydrogens is 290 g/mol. The highest BCUT2D eigenvalue weighted by Crippen LogP contribution is 2.14. The van der Waals surface area contributed by atoms with Crippen molar-refractivity contribution in [2.24, 2.45) is 0 Å². The summed E-state index contributed by atoms with van der Waals surface area (Å²) in [5.74, 6) is 0.0326. The molecule has 1 aromatic carbocycles. The van der Waals surface area contributed by atoms with Gasteiger partial charge in [0.15, 0.2) is 0 Å². The van der Waals surface area contributed by atoms with Gasteiger partial charge in [-0.15, -0.1) is 0 Å². The van der Waals surface area contributed by atoms with Crippen molar-refractivity contribution < 1.29 is 9.59 Å². The fourth-order valence-electron chi connectivity index (χ4n) is 3.07. The van der Waals surface area contributed by atoms with Crippen LogP contribution < -0.4 is 10.6 Å². The normalized spacial score (nSPS) is 19.9. The average Bonchev–Trinajstić information content (AvgIpc) is 2.52.